The second-order valence-corrected chi connectivity index (χ2v) is 10.6. The van der Waals surface area contributed by atoms with Crippen molar-refractivity contribution in [3.05, 3.63) is 52.8 Å². The minimum atomic E-state index is -4.77. The van der Waals surface area contributed by atoms with Crippen LogP contribution in [-0.4, -0.2) is 37.9 Å². The normalized spacial score (nSPS) is 17.8. The van der Waals surface area contributed by atoms with Crippen LogP contribution in [0.25, 0.3) is 0 Å². The van der Waals surface area contributed by atoms with Gasteiger partial charge < -0.3 is 9.47 Å². The van der Waals surface area contributed by atoms with Gasteiger partial charge in [-0.1, -0.05) is 13.8 Å². The van der Waals surface area contributed by atoms with Crippen molar-refractivity contribution in [2.45, 2.75) is 37.9 Å². The fraction of sp³-hybridized carbons (Fsp3) is 0.348. The van der Waals surface area contributed by atoms with E-state index in [2.05, 4.69) is 0 Å². The molecule has 1 atom stereocenters. The first-order valence-corrected chi connectivity index (χ1v) is 11.7. The van der Waals surface area contributed by atoms with Gasteiger partial charge in [-0.2, -0.15) is 28.0 Å². The molecule has 0 unspecified atom stereocenters. The zero-order valence-electron chi connectivity index (χ0n) is 19.2. The molecule has 0 amide bonds. The molecule has 1 aliphatic rings. The van der Waals surface area contributed by atoms with Gasteiger partial charge in [0, 0.05) is 31.0 Å². The minimum absolute atomic E-state index is 0.145. The number of ether oxygens (including phenoxy) is 2. The third-order valence-electron chi connectivity index (χ3n) is 5.55. The smallest absolute Gasteiger partial charge is 0.416 e. The number of alkyl halides is 3. The molecule has 0 bridgehead atoms. The standard InChI is InChI=1S/C23H19F4N3O5S/c1-13(31)34-18-7-14(9-28)17(24)8-19(18)35-21-11-30(12-22(21,2)3)36(32,33)20-5-4-16(23(25,26)27)6-15(20)10-29/h4-8,21H,11-12H2,1-3H3/t21-/m0/s1. The molecule has 0 saturated carbocycles. The molecule has 2 aromatic carbocycles. The van der Waals surface area contributed by atoms with Crippen molar-refractivity contribution in [3.8, 4) is 23.6 Å². The fourth-order valence-corrected chi connectivity index (χ4v) is 5.43. The number of carbonyl (C=O) groups is 1. The van der Waals surface area contributed by atoms with Crippen LogP contribution in [0.2, 0.25) is 0 Å². The lowest BCUT2D eigenvalue weighted by molar-refractivity contribution is -0.137. The van der Waals surface area contributed by atoms with E-state index in [0.29, 0.717) is 12.1 Å². The number of sulfonamides is 1. The van der Waals surface area contributed by atoms with Gasteiger partial charge in [-0.05, 0) is 18.2 Å². The summed E-state index contributed by atoms with van der Waals surface area (Å²) in [7, 11) is -4.43. The quantitative estimate of drug-likeness (QED) is 0.329. The average molecular weight is 525 g/mol. The molecule has 1 fully saturated rings. The third kappa shape index (κ3) is 5.27. The number of hydrogen-bond donors (Lipinski definition) is 0. The zero-order valence-corrected chi connectivity index (χ0v) is 20.0. The SMILES string of the molecule is CC(=O)Oc1cc(C#N)c(F)cc1O[C@H]1CN(S(=O)(=O)c2ccc(C(F)(F)F)cc2C#N)CC1(C)C. The summed E-state index contributed by atoms with van der Waals surface area (Å²) < 4.78 is 91.7. The molecule has 13 heteroatoms. The van der Waals surface area contributed by atoms with Crippen LogP contribution in [0.1, 0.15) is 37.5 Å². The van der Waals surface area contributed by atoms with Gasteiger partial charge in [0.05, 0.1) is 28.1 Å². The predicted octanol–water partition coefficient (Wildman–Crippen LogP) is 3.99. The summed E-state index contributed by atoms with van der Waals surface area (Å²) in [6.45, 7) is 3.94. The van der Waals surface area contributed by atoms with E-state index >= 15 is 0 Å². The Bertz CT molecular complexity index is 1410. The first-order chi connectivity index (χ1) is 16.6. The molecule has 0 N–H and O–H groups in total. The van der Waals surface area contributed by atoms with E-state index in [1.54, 1.807) is 19.9 Å². The van der Waals surface area contributed by atoms with Crippen molar-refractivity contribution < 1.29 is 40.2 Å². The lowest BCUT2D eigenvalue weighted by atomic mass is 9.90. The lowest BCUT2D eigenvalue weighted by Crippen LogP contribution is -2.33. The van der Waals surface area contributed by atoms with Gasteiger partial charge >= 0.3 is 12.1 Å². The molecule has 8 nitrogen and oxygen atoms in total. The second-order valence-electron chi connectivity index (χ2n) is 8.70. The molecular formula is C23H19F4N3O5S. The highest BCUT2D eigenvalue weighted by molar-refractivity contribution is 7.89. The maximum Gasteiger partial charge on any atom is 0.416 e. The number of nitriles is 2. The summed E-state index contributed by atoms with van der Waals surface area (Å²) in [6.07, 6.45) is -5.69. The number of hydrogen-bond acceptors (Lipinski definition) is 7. The molecule has 0 aliphatic carbocycles. The van der Waals surface area contributed by atoms with Crippen LogP contribution in [0.15, 0.2) is 35.2 Å². The van der Waals surface area contributed by atoms with Crippen molar-refractivity contribution in [2.75, 3.05) is 13.1 Å². The first-order valence-electron chi connectivity index (χ1n) is 10.3. The van der Waals surface area contributed by atoms with Crippen LogP contribution in [0.5, 0.6) is 11.5 Å². The summed E-state index contributed by atoms with van der Waals surface area (Å²) >= 11 is 0. The van der Waals surface area contributed by atoms with E-state index in [-0.39, 0.29) is 24.6 Å². The highest BCUT2D eigenvalue weighted by atomic mass is 32.2. The number of halogens is 4. The molecule has 0 radical (unpaired) electrons. The number of nitrogens with zero attached hydrogens (tertiary/aromatic N) is 3. The van der Waals surface area contributed by atoms with E-state index in [9.17, 15) is 36.0 Å². The number of esters is 1. The molecule has 0 aromatic heterocycles. The Balaban J connectivity index is 1.96. The Morgan fingerprint density at radius 1 is 1.11 bits per heavy atom. The molecule has 0 spiro atoms. The maximum absolute atomic E-state index is 14.3. The molecule has 36 heavy (non-hydrogen) atoms. The first kappa shape index (κ1) is 26.9. The number of benzene rings is 2. The Morgan fingerprint density at radius 3 is 2.31 bits per heavy atom. The van der Waals surface area contributed by atoms with E-state index in [1.165, 1.54) is 6.07 Å². The van der Waals surface area contributed by atoms with Crippen LogP contribution in [-0.2, 0) is 21.0 Å². The summed E-state index contributed by atoms with van der Waals surface area (Å²) in [4.78, 5) is 10.9. The fourth-order valence-electron chi connectivity index (χ4n) is 3.69. The summed E-state index contributed by atoms with van der Waals surface area (Å²) in [5.41, 5.74) is -3.14. The summed E-state index contributed by atoms with van der Waals surface area (Å²) in [5, 5.41) is 18.4. The topological polar surface area (TPSA) is 120 Å². The molecule has 3 rings (SSSR count). The largest absolute Gasteiger partial charge is 0.484 e. The van der Waals surface area contributed by atoms with E-state index < -0.39 is 61.1 Å². The molecule has 1 heterocycles. The van der Waals surface area contributed by atoms with Crippen LogP contribution >= 0.6 is 0 Å². The number of carbonyl (C=O) groups excluding carboxylic acids is 1. The van der Waals surface area contributed by atoms with Crippen molar-refractivity contribution in [2.24, 2.45) is 5.41 Å². The Labute approximate surface area is 204 Å². The zero-order chi connectivity index (χ0) is 27.1. The third-order valence-corrected chi connectivity index (χ3v) is 7.42. The minimum Gasteiger partial charge on any atom is -0.484 e. The monoisotopic (exact) mass is 525 g/mol. The van der Waals surface area contributed by atoms with Crippen LogP contribution < -0.4 is 9.47 Å². The van der Waals surface area contributed by atoms with Crippen molar-refractivity contribution in [3.63, 3.8) is 0 Å². The summed E-state index contributed by atoms with van der Waals surface area (Å²) in [5.74, 6) is -2.21. The van der Waals surface area contributed by atoms with Gasteiger partial charge in [-0.15, -0.1) is 0 Å². The Hall–Kier alpha value is -3.68. The van der Waals surface area contributed by atoms with Crippen LogP contribution in [0, 0.1) is 33.9 Å². The van der Waals surface area contributed by atoms with Gasteiger partial charge in [0.15, 0.2) is 11.5 Å². The van der Waals surface area contributed by atoms with Crippen LogP contribution in [0.3, 0.4) is 0 Å². The highest BCUT2D eigenvalue weighted by Crippen LogP contribution is 2.40. The Kier molecular flexibility index (Phi) is 7.03. The predicted molar refractivity (Wildman–Crippen MR) is 116 cm³/mol. The molecular weight excluding hydrogens is 506 g/mol. The van der Waals surface area contributed by atoms with E-state index in [4.69, 9.17) is 14.7 Å². The van der Waals surface area contributed by atoms with Crippen molar-refractivity contribution in [1.29, 1.82) is 10.5 Å². The molecule has 1 aliphatic heterocycles. The Morgan fingerprint density at radius 2 is 1.75 bits per heavy atom. The van der Waals surface area contributed by atoms with Crippen LogP contribution in [0.4, 0.5) is 17.6 Å². The lowest BCUT2D eigenvalue weighted by Gasteiger charge is -2.27. The van der Waals surface area contributed by atoms with Crippen molar-refractivity contribution in [1.82, 2.24) is 4.31 Å². The molecule has 190 valence electrons. The molecule has 1 saturated heterocycles. The highest BCUT2D eigenvalue weighted by Gasteiger charge is 2.47. The van der Waals surface area contributed by atoms with Crippen molar-refractivity contribution >= 4 is 16.0 Å². The second kappa shape index (κ2) is 9.41. The van der Waals surface area contributed by atoms with Gasteiger partial charge in [-0.25, -0.2) is 12.8 Å². The van der Waals surface area contributed by atoms with Gasteiger partial charge in [-0.3, -0.25) is 4.79 Å². The van der Waals surface area contributed by atoms with E-state index in [1.807, 2.05) is 0 Å². The summed E-state index contributed by atoms with van der Waals surface area (Å²) in [6, 6.07) is 6.70. The van der Waals surface area contributed by atoms with Gasteiger partial charge in [0.2, 0.25) is 10.0 Å². The van der Waals surface area contributed by atoms with Gasteiger partial charge in [0.25, 0.3) is 0 Å². The number of rotatable bonds is 5. The maximum atomic E-state index is 14.3. The van der Waals surface area contributed by atoms with E-state index in [0.717, 1.165) is 29.4 Å². The average Bonchev–Trinajstić information content (AvgIpc) is 3.08. The van der Waals surface area contributed by atoms with Gasteiger partial charge in [0.1, 0.15) is 24.1 Å². The molecule has 2 aromatic rings.